The minimum Gasteiger partial charge on any atom is -0.354 e. The molecule has 3 aromatic rings. The maximum absolute atomic E-state index is 13.5. The van der Waals surface area contributed by atoms with Gasteiger partial charge in [0.2, 0.25) is 9.84 Å². The molecule has 1 aromatic carbocycles. The zero-order valence-electron chi connectivity index (χ0n) is 16.5. The van der Waals surface area contributed by atoms with E-state index in [1.54, 1.807) is 22.7 Å². The zero-order chi connectivity index (χ0) is 20.8. The van der Waals surface area contributed by atoms with Crippen molar-refractivity contribution in [2.75, 3.05) is 44.4 Å². The van der Waals surface area contributed by atoms with E-state index in [4.69, 9.17) is 11.6 Å². The molecule has 0 atom stereocenters. The summed E-state index contributed by atoms with van der Waals surface area (Å²) in [6, 6.07) is 8.26. The number of sulfone groups is 1. The first-order chi connectivity index (χ1) is 13.8. The van der Waals surface area contributed by atoms with Crippen LogP contribution in [0.5, 0.6) is 0 Å². The van der Waals surface area contributed by atoms with E-state index in [-0.39, 0.29) is 9.79 Å². The number of thioether (sulfide) groups is 1. The van der Waals surface area contributed by atoms with Crippen molar-refractivity contribution in [3.05, 3.63) is 41.0 Å². The lowest BCUT2D eigenvalue weighted by Gasteiger charge is -2.34. The van der Waals surface area contributed by atoms with Crippen molar-refractivity contribution in [3.63, 3.8) is 0 Å². The Morgan fingerprint density at radius 1 is 1.14 bits per heavy atom. The number of piperazine rings is 1. The van der Waals surface area contributed by atoms with Crippen molar-refractivity contribution in [2.24, 2.45) is 0 Å². The highest BCUT2D eigenvalue weighted by Gasteiger charge is 2.30. The van der Waals surface area contributed by atoms with E-state index in [1.807, 2.05) is 19.2 Å². The molecule has 3 heterocycles. The Morgan fingerprint density at radius 2 is 1.86 bits per heavy atom. The number of fused-ring (bicyclic) bond motifs is 1. The molecule has 0 saturated carbocycles. The van der Waals surface area contributed by atoms with Crippen LogP contribution in [0.4, 0.5) is 5.82 Å². The first-order valence-electron chi connectivity index (χ1n) is 9.20. The Bertz CT molecular complexity index is 1170. The molecule has 1 aliphatic rings. The number of halogens is 1. The van der Waals surface area contributed by atoms with Crippen molar-refractivity contribution >= 4 is 44.7 Å². The van der Waals surface area contributed by atoms with Gasteiger partial charge in [0.25, 0.3) is 0 Å². The Hall–Kier alpha value is -1.81. The van der Waals surface area contributed by atoms with Gasteiger partial charge in [-0.05, 0) is 38.4 Å². The summed E-state index contributed by atoms with van der Waals surface area (Å²) in [5, 5.41) is 5.43. The third kappa shape index (κ3) is 3.72. The molecule has 1 fully saturated rings. The maximum Gasteiger partial charge on any atom is 0.213 e. The van der Waals surface area contributed by atoms with Gasteiger partial charge in [-0.1, -0.05) is 17.7 Å². The summed E-state index contributed by atoms with van der Waals surface area (Å²) >= 11 is 7.35. The Morgan fingerprint density at radius 3 is 2.52 bits per heavy atom. The zero-order valence-corrected chi connectivity index (χ0v) is 18.9. The van der Waals surface area contributed by atoms with Crippen LogP contribution in [0.3, 0.4) is 0 Å². The predicted octanol–water partition coefficient (Wildman–Crippen LogP) is 3.00. The van der Waals surface area contributed by atoms with Crippen molar-refractivity contribution in [1.82, 2.24) is 19.5 Å². The lowest BCUT2D eigenvalue weighted by molar-refractivity contribution is 0.311. The lowest BCUT2D eigenvalue weighted by Crippen LogP contribution is -2.45. The molecule has 0 bridgehead atoms. The van der Waals surface area contributed by atoms with Gasteiger partial charge in [-0.3, -0.25) is 0 Å². The summed E-state index contributed by atoms with van der Waals surface area (Å²) in [7, 11) is -1.74. The fourth-order valence-electron chi connectivity index (χ4n) is 3.46. The van der Waals surface area contributed by atoms with E-state index >= 15 is 0 Å². The molecule has 154 valence electrons. The van der Waals surface area contributed by atoms with Crippen LogP contribution >= 0.6 is 23.4 Å². The average Bonchev–Trinajstić information content (AvgIpc) is 3.07. The van der Waals surface area contributed by atoms with Gasteiger partial charge >= 0.3 is 0 Å². The molecule has 1 aliphatic heterocycles. The molecule has 0 unspecified atom stereocenters. The topological polar surface area (TPSA) is 70.8 Å². The van der Waals surface area contributed by atoms with E-state index in [9.17, 15) is 8.42 Å². The quantitative estimate of drug-likeness (QED) is 0.564. The van der Waals surface area contributed by atoms with E-state index < -0.39 is 9.84 Å². The molecule has 10 heteroatoms. The fraction of sp³-hybridized carbons (Fsp3) is 0.368. The molecule has 0 amide bonds. The molecule has 0 aliphatic carbocycles. The number of nitrogens with zero attached hydrogens (tertiary/aromatic N) is 5. The van der Waals surface area contributed by atoms with Crippen molar-refractivity contribution in [2.45, 2.75) is 21.7 Å². The number of benzene rings is 1. The van der Waals surface area contributed by atoms with Crippen LogP contribution in [-0.4, -0.2) is 67.4 Å². The van der Waals surface area contributed by atoms with Crippen molar-refractivity contribution in [3.8, 4) is 0 Å². The van der Waals surface area contributed by atoms with E-state index in [2.05, 4.69) is 26.9 Å². The van der Waals surface area contributed by atoms with Crippen LogP contribution in [-0.2, 0) is 9.84 Å². The molecule has 7 nitrogen and oxygen atoms in total. The van der Waals surface area contributed by atoms with Crippen molar-refractivity contribution < 1.29 is 8.42 Å². The first-order valence-corrected chi connectivity index (χ1v) is 12.3. The number of aromatic nitrogens is 3. The summed E-state index contributed by atoms with van der Waals surface area (Å²) < 4.78 is 28.7. The summed E-state index contributed by atoms with van der Waals surface area (Å²) in [6.07, 6.45) is 1.82. The van der Waals surface area contributed by atoms with Crippen LogP contribution in [0.1, 0.15) is 5.69 Å². The average molecular weight is 452 g/mol. The van der Waals surface area contributed by atoms with Gasteiger partial charge in [0, 0.05) is 43.0 Å². The molecular formula is C19H22ClN5O2S2. The van der Waals surface area contributed by atoms with Crippen LogP contribution < -0.4 is 4.90 Å². The number of hydrogen-bond donors (Lipinski definition) is 0. The van der Waals surface area contributed by atoms with Crippen molar-refractivity contribution in [1.29, 1.82) is 0 Å². The van der Waals surface area contributed by atoms with Gasteiger partial charge in [-0.15, -0.1) is 11.8 Å². The normalized spacial score (nSPS) is 15.9. The molecule has 0 N–H and O–H groups in total. The highest BCUT2D eigenvalue weighted by atomic mass is 35.5. The minimum absolute atomic E-state index is 0.131. The highest BCUT2D eigenvalue weighted by Crippen LogP contribution is 2.35. The third-order valence-corrected chi connectivity index (χ3v) is 7.85. The minimum atomic E-state index is -3.84. The molecule has 1 saturated heterocycles. The second kappa shape index (κ2) is 7.79. The molecule has 0 radical (unpaired) electrons. The number of hydrogen-bond acceptors (Lipinski definition) is 7. The van der Waals surface area contributed by atoms with Crippen LogP contribution in [0, 0.1) is 6.92 Å². The van der Waals surface area contributed by atoms with E-state index in [1.165, 1.54) is 17.8 Å². The van der Waals surface area contributed by atoms with Gasteiger partial charge in [-0.2, -0.15) is 9.61 Å². The smallest absolute Gasteiger partial charge is 0.213 e. The lowest BCUT2D eigenvalue weighted by atomic mass is 10.3. The Kier molecular flexibility index (Phi) is 5.50. The predicted molar refractivity (Wildman–Crippen MR) is 116 cm³/mol. The molecule has 0 spiro atoms. The third-order valence-electron chi connectivity index (χ3n) is 5.02. The molecule has 29 heavy (non-hydrogen) atoms. The highest BCUT2D eigenvalue weighted by molar-refractivity contribution is 7.99. The van der Waals surface area contributed by atoms with Crippen LogP contribution in [0.15, 0.2) is 45.1 Å². The first kappa shape index (κ1) is 20.5. The van der Waals surface area contributed by atoms with Gasteiger partial charge in [0.1, 0.15) is 10.8 Å². The summed E-state index contributed by atoms with van der Waals surface area (Å²) in [6.45, 7) is 5.45. The van der Waals surface area contributed by atoms with Gasteiger partial charge in [0.15, 0.2) is 10.5 Å². The summed E-state index contributed by atoms with van der Waals surface area (Å²) in [5.41, 5.74) is 1.10. The number of anilines is 1. The maximum atomic E-state index is 13.5. The SMILES string of the molecule is CSc1nn2c(N3CCN(C)CC3)cc(C)nc2c1S(=O)(=O)c1cccc(Cl)c1. The summed E-state index contributed by atoms with van der Waals surface area (Å²) in [4.78, 5) is 9.34. The van der Waals surface area contributed by atoms with Gasteiger partial charge in [0.05, 0.1) is 4.90 Å². The van der Waals surface area contributed by atoms with E-state index in [0.717, 1.165) is 37.7 Å². The van der Waals surface area contributed by atoms with Crippen LogP contribution in [0.2, 0.25) is 5.02 Å². The van der Waals surface area contributed by atoms with E-state index in [0.29, 0.717) is 15.7 Å². The summed E-state index contributed by atoms with van der Waals surface area (Å²) in [5.74, 6) is 0.864. The molecule has 4 rings (SSSR count). The fourth-order valence-corrected chi connectivity index (χ4v) is 6.15. The Balaban J connectivity index is 1.94. The largest absolute Gasteiger partial charge is 0.354 e. The number of aryl methyl sites for hydroxylation is 1. The molecular weight excluding hydrogens is 430 g/mol. The van der Waals surface area contributed by atoms with Gasteiger partial charge in [-0.25, -0.2) is 13.4 Å². The Labute approximate surface area is 179 Å². The molecule has 2 aromatic heterocycles. The van der Waals surface area contributed by atoms with Gasteiger partial charge < -0.3 is 9.80 Å². The second-order valence-corrected chi connectivity index (χ2v) is 10.2. The monoisotopic (exact) mass is 451 g/mol. The number of rotatable bonds is 4. The van der Waals surface area contributed by atoms with Crippen LogP contribution in [0.25, 0.3) is 5.65 Å². The standard InChI is InChI=1S/C19H22ClN5O2S2/c1-13-11-16(24-9-7-23(2)8-10-24)25-18(21-13)17(19(22-25)28-3)29(26,27)15-6-4-5-14(20)12-15/h4-6,11-12H,7-10H2,1-3H3. The second-order valence-electron chi connectivity index (χ2n) is 7.08. The number of likely N-dealkylation sites (N-methyl/N-ethyl adjacent to an activating group) is 1.